The van der Waals surface area contributed by atoms with Crippen molar-refractivity contribution in [2.75, 3.05) is 5.75 Å². The summed E-state index contributed by atoms with van der Waals surface area (Å²) in [6.07, 6.45) is 7.09. The Morgan fingerprint density at radius 3 is 2.50 bits per heavy atom. The minimum Gasteiger partial charge on any atom is -0.325 e. The van der Waals surface area contributed by atoms with Gasteiger partial charge in [0.05, 0.1) is 0 Å². The van der Waals surface area contributed by atoms with Crippen molar-refractivity contribution in [3.63, 3.8) is 0 Å². The van der Waals surface area contributed by atoms with E-state index in [1.165, 1.54) is 32.1 Å². The molecule has 0 heterocycles. The maximum Gasteiger partial charge on any atom is 0.0188 e. The van der Waals surface area contributed by atoms with E-state index in [0.29, 0.717) is 0 Å². The molecular weight excluding hydrogens is 190 g/mol. The average Bonchev–Trinajstić information content (AvgIpc) is 2.14. The van der Waals surface area contributed by atoms with Crippen molar-refractivity contribution in [3.8, 4) is 0 Å². The molecule has 1 rings (SSSR count). The van der Waals surface area contributed by atoms with Crippen LogP contribution in [-0.2, 0) is 0 Å². The van der Waals surface area contributed by atoms with E-state index in [1.54, 1.807) is 0 Å². The number of rotatable bonds is 4. The fourth-order valence-electron chi connectivity index (χ4n) is 2.18. The lowest BCUT2D eigenvalue weighted by Gasteiger charge is -2.32. The third-order valence-corrected chi connectivity index (χ3v) is 4.99. The summed E-state index contributed by atoms with van der Waals surface area (Å²) in [5, 5.41) is 0.886. The van der Waals surface area contributed by atoms with E-state index in [-0.39, 0.29) is 5.54 Å². The van der Waals surface area contributed by atoms with Gasteiger partial charge in [-0.1, -0.05) is 26.2 Å². The lowest BCUT2D eigenvalue weighted by Crippen LogP contribution is -2.36. The summed E-state index contributed by atoms with van der Waals surface area (Å²) in [7, 11) is 0. The van der Waals surface area contributed by atoms with Crippen molar-refractivity contribution in [3.05, 3.63) is 0 Å². The number of nitrogens with two attached hydrogens (primary N) is 1. The minimum absolute atomic E-state index is 0.000402. The Morgan fingerprint density at radius 2 is 1.93 bits per heavy atom. The van der Waals surface area contributed by atoms with Gasteiger partial charge in [0.15, 0.2) is 0 Å². The molecule has 84 valence electrons. The molecule has 14 heavy (non-hydrogen) atoms. The molecule has 2 unspecified atom stereocenters. The van der Waals surface area contributed by atoms with Gasteiger partial charge in [0.2, 0.25) is 0 Å². The van der Waals surface area contributed by atoms with E-state index in [1.807, 2.05) is 0 Å². The molecule has 1 aliphatic rings. The first-order valence-corrected chi connectivity index (χ1v) is 6.98. The predicted molar refractivity (Wildman–Crippen MR) is 66.8 cm³/mol. The summed E-state index contributed by atoms with van der Waals surface area (Å²) in [4.78, 5) is 0. The third kappa shape index (κ3) is 4.22. The lowest BCUT2D eigenvalue weighted by atomic mass is 9.87. The normalized spacial score (nSPS) is 29.1. The molecule has 0 aliphatic heterocycles. The predicted octanol–water partition coefficient (Wildman–Crippen LogP) is 3.43. The molecule has 0 aromatic heterocycles. The van der Waals surface area contributed by atoms with Crippen LogP contribution in [-0.4, -0.2) is 16.5 Å². The van der Waals surface area contributed by atoms with Crippen LogP contribution in [0.3, 0.4) is 0 Å². The number of hydrogen-bond acceptors (Lipinski definition) is 2. The largest absolute Gasteiger partial charge is 0.325 e. The molecule has 0 bridgehead atoms. The van der Waals surface area contributed by atoms with E-state index in [0.717, 1.165) is 16.9 Å². The van der Waals surface area contributed by atoms with Crippen LogP contribution in [0.5, 0.6) is 0 Å². The highest BCUT2D eigenvalue weighted by Crippen LogP contribution is 2.36. The Kier molecular flexibility index (Phi) is 4.78. The van der Waals surface area contributed by atoms with Gasteiger partial charge in [-0.2, -0.15) is 11.8 Å². The zero-order chi connectivity index (χ0) is 10.6. The summed E-state index contributed by atoms with van der Waals surface area (Å²) < 4.78 is 0. The molecule has 0 aromatic rings. The van der Waals surface area contributed by atoms with Crippen LogP contribution in [0.2, 0.25) is 0 Å². The van der Waals surface area contributed by atoms with Crippen LogP contribution in [0.4, 0.5) is 0 Å². The molecule has 0 saturated heterocycles. The lowest BCUT2D eigenvalue weighted by molar-refractivity contribution is 0.360. The van der Waals surface area contributed by atoms with Crippen LogP contribution in [0.15, 0.2) is 0 Å². The Bertz CT molecular complexity index is 162. The van der Waals surface area contributed by atoms with Gasteiger partial charge in [-0.25, -0.2) is 0 Å². The number of hydrogen-bond donors (Lipinski definition) is 1. The molecule has 2 heteroatoms. The smallest absolute Gasteiger partial charge is 0.0188 e. The quantitative estimate of drug-likeness (QED) is 0.777. The molecule has 1 nitrogen and oxygen atoms in total. The van der Waals surface area contributed by atoms with Crippen molar-refractivity contribution < 1.29 is 0 Å². The van der Waals surface area contributed by atoms with Crippen molar-refractivity contribution in [2.24, 2.45) is 11.7 Å². The Labute approximate surface area is 93.2 Å². The van der Waals surface area contributed by atoms with Crippen LogP contribution in [0.25, 0.3) is 0 Å². The van der Waals surface area contributed by atoms with E-state index < -0.39 is 0 Å². The van der Waals surface area contributed by atoms with E-state index in [9.17, 15) is 0 Å². The fourth-order valence-corrected chi connectivity index (χ4v) is 3.76. The summed E-state index contributed by atoms with van der Waals surface area (Å²) in [5.41, 5.74) is 6.02. The van der Waals surface area contributed by atoms with Crippen LogP contribution >= 0.6 is 11.8 Å². The van der Waals surface area contributed by atoms with E-state index in [2.05, 4.69) is 32.5 Å². The molecule has 0 aromatic carbocycles. The van der Waals surface area contributed by atoms with Gasteiger partial charge in [0.1, 0.15) is 0 Å². The molecule has 1 fully saturated rings. The second-order valence-corrected chi connectivity index (χ2v) is 6.52. The highest BCUT2D eigenvalue weighted by molar-refractivity contribution is 8.00. The van der Waals surface area contributed by atoms with Gasteiger partial charge in [0, 0.05) is 16.5 Å². The third-order valence-electron chi connectivity index (χ3n) is 3.03. The molecule has 0 radical (unpaired) electrons. The maximum absolute atomic E-state index is 6.02. The first-order valence-electron chi connectivity index (χ1n) is 5.93. The monoisotopic (exact) mass is 215 g/mol. The van der Waals surface area contributed by atoms with Crippen molar-refractivity contribution in [2.45, 2.75) is 63.7 Å². The highest BCUT2D eigenvalue weighted by atomic mass is 32.2. The first kappa shape index (κ1) is 12.4. The second-order valence-electron chi connectivity index (χ2n) is 5.29. The van der Waals surface area contributed by atoms with Gasteiger partial charge < -0.3 is 5.73 Å². The second kappa shape index (κ2) is 5.41. The van der Waals surface area contributed by atoms with Gasteiger partial charge in [0.25, 0.3) is 0 Å². The topological polar surface area (TPSA) is 26.0 Å². The zero-order valence-corrected chi connectivity index (χ0v) is 10.7. The zero-order valence-electron chi connectivity index (χ0n) is 9.88. The molecule has 0 amide bonds. The highest BCUT2D eigenvalue weighted by Gasteiger charge is 2.25. The van der Waals surface area contributed by atoms with Crippen LogP contribution < -0.4 is 5.73 Å². The van der Waals surface area contributed by atoms with Gasteiger partial charge in [-0.3, -0.25) is 0 Å². The SMILES string of the molecule is CCC1CCCCC1SCC(C)(C)N. The summed E-state index contributed by atoms with van der Waals surface area (Å²) in [5.74, 6) is 2.06. The van der Waals surface area contributed by atoms with Gasteiger partial charge >= 0.3 is 0 Å². The van der Waals surface area contributed by atoms with Crippen molar-refractivity contribution >= 4 is 11.8 Å². The Balaban J connectivity index is 2.33. The first-order chi connectivity index (χ1) is 6.53. The number of thioether (sulfide) groups is 1. The van der Waals surface area contributed by atoms with E-state index >= 15 is 0 Å². The van der Waals surface area contributed by atoms with Crippen molar-refractivity contribution in [1.29, 1.82) is 0 Å². The minimum atomic E-state index is 0.000402. The summed E-state index contributed by atoms with van der Waals surface area (Å²) >= 11 is 2.11. The van der Waals surface area contributed by atoms with Gasteiger partial charge in [-0.05, 0) is 32.6 Å². The Morgan fingerprint density at radius 1 is 1.29 bits per heavy atom. The van der Waals surface area contributed by atoms with Crippen molar-refractivity contribution in [1.82, 2.24) is 0 Å². The van der Waals surface area contributed by atoms with Crippen LogP contribution in [0, 0.1) is 5.92 Å². The molecule has 1 aliphatic carbocycles. The standard InChI is InChI=1S/C12H25NS/c1-4-10-7-5-6-8-11(10)14-9-12(2,3)13/h10-11H,4-9,13H2,1-3H3. The molecule has 2 N–H and O–H groups in total. The molecule has 0 spiro atoms. The molecule has 1 saturated carbocycles. The average molecular weight is 215 g/mol. The van der Waals surface area contributed by atoms with Crippen LogP contribution in [0.1, 0.15) is 52.9 Å². The maximum atomic E-state index is 6.02. The van der Waals surface area contributed by atoms with E-state index in [4.69, 9.17) is 5.73 Å². The molecule has 2 atom stereocenters. The molecular formula is C12H25NS. The summed E-state index contributed by atoms with van der Waals surface area (Å²) in [6, 6.07) is 0. The Hall–Kier alpha value is 0.310. The van der Waals surface area contributed by atoms with Gasteiger partial charge in [-0.15, -0.1) is 0 Å². The fraction of sp³-hybridized carbons (Fsp3) is 1.00. The summed E-state index contributed by atoms with van der Waals surface area (Å²) in [6.45, 7) is 6.59.